The number of ether oxygens (including phenoxy) is 1. The van der Waals surface area contributed by atoms with Crippen LogP contribution in [-0.4, -0.2) is 61.2 Å². The quantitative estimate of drug-likeness (QED) is 0.547. The minimum absolute atomic E-state index is 0.212. The number of benzene rings is 2. The second-order valence-corrected chi connectivity index (χ2v) is 8.38. The van der Waals surface area contributed by atoms with E-state index in [1.165, 1.54) is 26.0 Å². The summed E-state index contributed by atoms with van der Waals surface area (Å²) in [6, 6.07) is 13.0. The summed E-state index contributed by atoms with van der Waals surface area (Å²) in [6.45, 7) is 3.90. The molecule has 0 bridgehead atoms. The number of likely N-dealkylation sites (N-methyl/N-ethyl adjacent to an activating group) is 1. The Morgan fingerprint density at radius 2 is 1.62 bits per heavy atom. The van der Waals surface area contributed by atoms with Gasteiger partial charge in [-0.15, -0.1) is 0 Å². The highest BCUT2D eigenvalue weighted by Crippen LogP contribution is 2.22. The van der Waals surface area contributed by atoms with Crippen molar-refractivity contribution < 1.29 is 29.0 Å². The maximum atomic E-state index is 12.3. The number of carboxylic acids is 1. The average Bonchev–Trinajstić information content (AvgIpc) is 2.61. The number of hydrogen-bond acceptors (Lipinski definition) is 5. The molecule has 0 aromatic heterocycles. The minimum Gasteiger partial charge on any atom is -0.546 e. The van der Waals surface area contributed by atoms with Gasteiger partial charge >= 0.3 is 0 Å². The number of nitrogens with zero attached hydrogens (tertiary/aromatic N) is 1. The van der Waals surface area contributed by atoms with Gasteiger partial charge in [0.1, 0.15) is 17.9 Å². The fourth-order valence-corrected chi connectivity index (χ4v) is 2.33. The first-order chi connectivity index (χ1) is 13.4. The van der Waals surface area contributed by atoms with Gasteiger partial charge in [-0.25, -0.2) is 0 Å². The lowest BCUT2D eigenvalue weighted by Gasteiger charge is -2.27. The Bertz CT molecular complexity index is 826. The van der Waals surface area contributed by atoms with Gasteiger partial charge in [-0.3, -0.25) is 4.79 Å². The number of rotatable bonds is 7. The van der Waals surface area contributed by atoms with Crippen molar-refractivity contribution in [3.05, 3.63) is 64.7 Å². The van der Waals surface area contributed by atoms with Crippen molar-refractivity contribution >= 4 is 23.4 Å². The van der Waals surface area contributed by atoms with E-state index in [0.717, 1.165) is 11.0 Å². The van der Waals surface area contributed by atoms with Crippen molar-refractivity contribution in [3.8, 4) is 5.75 Å². The Hall–Kier alpha value is -2.41. The molecule has 0 amide bonds. The van der Waals surface area contributed by atoms with E-state index < -0.39 is 11.6 Å². The van der Waals surface area contributed by atoms with Crippen LogP contribution in [0.2, 0.25) is 5.02 Å². The predicted octanol–water partition coefficient (Wildman–Crippen LogP) is 2.16. The Labute approximate surface area is 176 Å². The van der Waals surface area contributed by atoms with Crippen LogP contribution in [0.1, 0.15) is 29.8 Å². The molecular weight excluding hydrogens is 394 g/mol. The molecule has 0 spiro atoms. The first-order valence-corrected chi connectivity index (χ1v) is 9.46. The topological polar surface area (TPSA) is 86.7 Å². The smallest absolute Gasteiger partial charge is 0.194 e. The number of quaternary nitrogens is 1. The van der Waals surface area contributed by atoms with Crippen molar-refractivity contribution in [1.82, 2.24) is 0 Å². The fourth-order valence-electron chi connectivity index (χ4n) is 2.11. The summed E-state index contributed by atoms with van der Waals surface area (Å²) in [5.41, 5.74) is -0.603. The SMILES string of the molecule is CC(C)(Oc1ccc(C(=O)c2ccccc2Cl)cc1)C(=O)[O-].C[N+](C)(C)CCO. The van der Waals surface area contributed by atoms with Gasteiger partial charge in [-0.05, 0) is 50.2 Å². The zero-order valence-corrected chi connectivity index (χ0v) is 18.2. The van der Waals surface area contributed by atoms with Gasteiger partial charge in [-0.2, -0.15) is 0 Å². The largest absolute Gasteiger partial charge is 0.546 e. The predicted molar refractivity (Wildman–Crippen MR) is 111 cm³/mol. The molecular formula is C22H28ClNO5. The minimum atomic E-state index is -1.45. The third-order valence-corrected chi connectivity index (χ3v) is 4.20. The molecule has 7 heteroatoms. The summed E-state index contributed by atoms with van der Waals surface area (Å²) in [4.78, 5) is 23.3. The first kappa shape index (κ1) is 24.6. The lowest BCUT2D eigenvalue weighted by atomic mass is 10.0. The summed E-state index contributed by atoms with van der Waals surface area (Å²) >= 11 is 6.00. The van der Waals surface area contributed by atoms with Crippen LogP contribution in [0, 0.1) is 0 Å². The summed E-state index contributed by atoms with van der Waals surface area (Å²) in [7, 11) is 6.16. The number of hydrogen-bond donors (Lipinski definition) is 1. The zero-order valence-electron chi connectivity index (χ0n) is 17.4. The number of carboxylic acid groups (broad SMARTS) is 1. The zero-order chi connectivity index (χ0) is 22.2. The number of aliphatic hydroxyl groups excluding tert-OH is 1. The molecule has 0 saturated carbocycles. The molecule has 0 aliphatic heterocycles. The van der Waals surface area contributed by atoms with Gasteiger partial charge in [0.25, 0.3) is 0 Å². The number of carbonyl (C=O) groups is 2. The van der Waals surface area contributed by atoms with Gasteiger partial charge in [0.2, 0.25) is 0 Å². The molecule has 2 rings (SSSR count). The van der Waals surface area contributed by atoms with Crippen LogP contribution in [0.4, 0.5) is 0 Å². The van der Waals surface area contributed by atoms with Crippen molar-refractivity contribution in [2.45, 2.75) is 19.4 Å². The summed E-state index contributed by atoms with van der Waals surface area (Å²) in [5.74, 6) is -1.19. The molecule has 2 aromatic rings. The van der Waals surface area contributed by atoms with E-state index in [0.29, 0.717) is 21.9 Å². The Morgan fingerprint density at radius 1 is 1.07 bits per heavy atom. The van der Waals surface area contributed by atoms with Gasteiger partial charge in [0, 0.05) is 11.1 Å². The normalized spacial score (nSPS) is 11.3. The molecule has 6 nitrogen and oxygen atoms in total. The summed E-state index contributed by atoms with van der Waals surface area (Å²) in [5, 5.41) is 19.7. The third-order valence-electron chi connectivity index (χ3n) is 3.87. The number of halogens is 1. The Morgan fingerprint density at radius 3 is 2.03 bits per heavy atom. The van der Waals surface area contributed by atoms with E-state index >= 15 is 0 Å². The lowest BCUT2D eigenvalue weighted by molar-refractivity contribution is -0.870. The van der Waals surface area contributed by atoms with Crippen molar-refractivity contribution in [2.75, 3.05) is 34.3 Å². The average molecular weight is 422 g/mol. The molecule has 2 aromatic carbocycles. The van der Waals surface area contributed by atoms with Gasteiger partial charge < -0.3 is 24.2 Å². The van der Waals surface area contributed by atoms with Gasteiger partial charge in [0.05, 0.1) is 38.7 Å². The van der Waals surface area contributed by atoms with E-state index in [-0.39, 0.29) is 12.4 Å². The molecule has 0 fully saturated rings. The first-order valence-electron chi connectivity index (χ1n) is 9.08. The standard InChI is InChI=1S/C17H15ClO4.C5H14NO/c1-17(2,16(20)21)22-12-9-7-11(8-10-12)15(19)13-5-3-4-6-14(13)18;1-6(2,3)4-5-7/h3-10H,1-2H3,(H,20,21);7H,4-5H2,1-3H3/q;+1/p-1. The van der Waals surface area contributed by atoms with Gasteiger partial charge in [-0.1, -0.05) is 23.7 Å². The summed E-state index contributed by atoms with van der Waals surface area (Å²) < 4.78 is 6.17. The molecule has 0 radical (unpaired) electrons. The second kappa shape index (κ2) is 10.4. The monoisotopic (exact) mass is 421 g/mol. The molecule has 0 aliphatic rings. The van der Waals surface area contributed by atoms with Crippen LogP contribution in [-0.2, 0) is 4.79 Å². The number of ketones is 1. The Kier molecular flexibility index (Phi) is 8.82. The summed E-state index contributed by atoms with van der Waals surface area (Å²) in [6.07, 6.45) is 0. The number of aliphatic carboxylic acids is 1. The van der Waals surface area contributed by atoms with Crippen molar-refractivity contribution in [3.63, 3.8) is 0 Å². The highest BCUT2D eigenvalue weighted by molar-refractivity contribution is 6.34. The Balaban J connectivity index is 0.000000516. The van der Waals surface area contributed by atoms with Crippen LogP contribution >= 0.6 is 11.6 Å². The number of carbonyl (C=O) groups excluding carboxylic acids is 2. The van der Waals surface area contributed by atoms with Crippen LogP contribution in [0.5, 0.6) is 5.75 Å². The van der Waals surface area contributed by atoms with Crippen LogP contribution in [0.15, 0.2) is 48.5 Å². The van der Waals surface area contributed by atoms with Crippen LogP contribution in [0.3, 0.4) is 0 Å². The van der Waals surface area contributed by atoms with Crippen molar-refractivity contribution in [2.24, 2.45) is 0 Å². The molecule has 0 saturated heterocycles. The maximum Gasteiger partial charge on any atom is 0.194 e. The van der Waals surface area contributed by atoms with Crippen LogP contribution in [0.25, 0.3) is 0 Å². The van der Waals surface area contributed by atoms with E-state index in [9.17, 15) is 14.7 Å². The van der Waals surface area contributed by atoms with E-state index in [4.69, 9.17) is 21.4 Å². The molecule has 29 heavy (non-hydrogen) atoms. The molecule has 0 aliphatic carbocycles. The van der Waals surface area contributed by atoms with E-state index in [1.807, 2.05) is 0 Å². The van der Waals surface area contributed by atoms with Gasteiger partial charge in [0.15, 0.2) is 5.78 Å². The molecule has 158 valence electrons. The third kappa shape index (κ3) is 8.23. The molecule has 1 N–H and O–H groups in total. The molecule has 0 atom stereocenters. The second-order valence-electron chi connectivity index (χ2n) is 7.97. The highest BCUT2D eigenvalue weighted by atomic mass is 35.5. The fraction of sp³-hybridized carbons (Fsp3) is 0.364. The van der Waals surface area contributed by atoms with E-state index in [1.54, 1.807) is 36.4 Å². The lowest BCUT2D eigenvalue weighted by Crippen LogP contribution is -2.47. The van der Waals surface area contributed by atoms with E-state index in [2.05, 4.69) is 21.1 Å². The maximum absolute atomic E-state index is 12.3. The molecule has 0 unspecified atom stereocenters. The van der Waals surface area contributed by atoms with Crippen molar-refractivity contribution in [1.29, 1.82) is 0 Å². The number of aliphatic hydroxyl groups is 1. The molecule has 0 heterocycles. The van der Waals surface area contributed by atoms with Crippen LogP contribution < -0.4 is 9.84 Å². The highest BCUT2D eigenvalue weighted by Gasteiger charge is 2.21.